The molecule has 144 valence electrons. The zero-order chi connectivity index (χ0) is 19.8. The fourth-order valence-electron chi connectivity index (χ4n) is 2.80. The van der Waals surface area contributed by atoms with E-state index in [1.54, 1.807) is 44.2 Å². The number of aryl methyl sites for hydroxylation is 1. The first-order valence-corrected chi connectivity index (χ1v) is 8.86. The summed E-state index contributed by atoms with van der Waals surface area (Å²) in [5.74, 6) is 1.13. The van der Waals surface area contributed by atoms with Crippen LogP contribution in [0.25, 0.3) is 5.65 Å². The van der Waals surface area contributed by atoms with Gasteiger partial charge in [-0.1, -0.05) is 11.6 Å². The minimum Gasteiger partial charge on any atom is -0.481 e. The van der Waals surface area contributed by atoms with Crippen molar-refractivity contribution in [1.29, 1.82) is 0 Å². The summed E-state index contributed by atoms with van der Waals surface area (Å²) in [6.07, 6.45) is 0.590. The fourth-order valence-corrected chi connectivity index (χ4v) is 2.96. The number of nitrogens with one attached hydrogen (secondary N) is 1. The standard InChI is InChI=1S/C19H16ClN3O5/c1-10-17(19(25)23-8-12(20)3-6-16(23)21-10)22-18(24)11(2)28-13-4-5-14-15(7-13)27-9-26-14/h3-8,11H,9H2,1-2H3,(H,22,24). The van der Waals surface area contributed by atoms with Crippen molar-refractivity contribution in [3.63, 3.8) is 0 Å². The number of amides is 1. The van der Waals surface area contributed by atoms with Gasteiger partial charge in [-0.15, -0.1) is 0 Å². The fraction of sp³-hybridized carbons (Fsp3) is 0.211. The molecule has 28 heavy (non-hydrogen) atoms. The largest absolute Gasteiger partial charge is 0.481 e. The van der Waals surface area contributed by atoms with E-state index in [-0.39, 0.29) is 12.5 Å². The van der Waals surface area contributed by atoms with Gasteiger partial charge in [-0.3, -0.25) is 14.0 Å². The molecule has 1 N–H and O–H groups in total. The zero-order valence-electron chi connectivity index (χ0n) is 15.1. The van der Waals surface area contributed by atoms with Crippen molar-refractivity contribution in [3.8, 4) is 17.2 Å². The van der Waals surface area contributed by atoms with E-state index < -0.39 is 17.6 Å². The number of carbonyl (C=O) groups excluding carboxylic acids is 1. The topological polar surface area (TPSA) is 91.2 Å². The summed E-state index contributed by atoms with van der Waals surface area (Å²) in [7, 11) is 0. The van der Waals surface area contributed by atoms with E-state index in [1.165, 1.54) is 10.6 Å². The minimum absolute atomic E-state index is 0.0749. The third-order valence-electron chi connectivity index (χ3n) is 4.24. The molecule has 0 aliphatic carbocycles. The van der Waals surface area contributed by atoms with Gasteiger partial charge in [-0.25, -0.2) is 4.98 Å². The lowest BCUT2D eigenvalue weighted by Crippen LogP contribution is -2.33. The van der Waals surface area contributed by atoms with Crippen molar-refractivity contribution in [1.82, 2.24) is 9.38 Å². The highest BCUT2D eigenvalue weighted by atomic mass is 35.5. The van der Waals surface area contributed by atoms with Crippen LogP contribution in [-0.2, 0) is 4.79 Å². The number of anilines is 1. The van der Waals surface area contributed by atoms with Gasteiger partial charge in [0.15, 0.2) is 17.6 Å². The van der Waals surface area contributed by atoms with Crippen molar-refractivity contribution in [3.05, 3.63) is 57.6 Å². The maximum Gasteiger partial charge on any atom is 0.281 e. The number of rotatable bonds is 4. The Hall–Kier alpha value is -3.26. The first-order valence-electron chi connectivity index (χ1n) is 8.48. The Balaban J connectivity index is 1.55. The first-order chi connectivity index (χ1) is 13.4. The van der Waals surface area contributed by atoms with Crippen LogP contribution in [0.4, 0.5) is 5.69 Å². The molecule has 0 fully saturated rings. The van der Waals surface area contributed by atoms with Crippen molar-refractivity contribution < 1.29 is 19.0 Å². The molecule has 0 bridgehead atoms. The quantitative estimate of drug-likeness (QED) is 0.722. The molecule has 1 unspecified atom stereocenters. The second kappa shape index (κ2) is 7.05. The second-order valence-corrected chi connectivity index (χ2v) is 6.65. The number of ether oxygens (including phenoxy) is 3. The van der Waals surface area contributed by atoms with E-state index in [0.29, 0.717) is 33.6 Å². The molecule has 0 saturated carbocycles. The second-order valence-electron chi connectivity index (χ2n) is 6.22. The van der Waals surface area contributed by atoms with Crippen LogP contribution < -0.4 is 25.1 Å². The highest BCUT2D eigenvalue weighted by molar-refractivity contribution is 6.30. The molecular formula is C19H16ClN3O5. The van der Waals surface area contributed by atoms with E-state index >= 15 is 0 Å². The summed E-state index contributed by atoms with van der Waals surface area (Å²) in [5, 5.41) is 2.99. The molecule has 0 saturated heterocycles. The lowest BCUT2D eigenvalue weighted by Gasteiger charge is -2.16. The predicted octanol–water partition coefficient (Wildman–Crippen LogP) is 2.79. The van der Waals surface area contributed by atoms with Crippen LogP contribution in [0, 0.1) is 6.92 Å². The lowest BCUT2D eigenvalue weighted by atomic mass is 10.3. The van der Waals surface area contributed by atoms with Crippen LogP contribution in [-0.4, -0.2) is 28.2 Å². The minimum atomic E-state index is -0.862. The molecule has 8 nitrogen and oxygen atoms in total. The Kier molecular flexibility index (Phi) is 4.56. The van der Waals surface area contributed by atoms with Crippen molar-refractivity contribution >= 4 is 28.8 Å². The molecule has 3 heterocycles. The Morgan fingerprint density at radius 2 is 2.07 bits per heavy atom. The van der Waals surface area contributed by atoms with Crippen molar-refractivity contribution in [2.24, 2.45) is 0 Å². The summed E-state index contributed by atoms with van der Waals surface area (Å²) < 4.78 is 17.5. The van der Waals surface area contributed by atoms with Crippen molar-refractivity contribution in [2.75, 3.05) is 12.1 Å². The number of halogens is 1. The normalized spacial score (nSPS) is 13.4. The van der Waals surface area contributed by atoms with Crippen LogP contribution in [0.1, 0.15) is 12.6 Å². The van der Waals surface area contributed by atoms with Crippen LogP contribution in [0.15, 0.2) is 41.3 Å². The predicted molar refractivity (Wildman–Crippen MR) is 102 cm³/mol. The average Bonchev–Trinajstić information content (AvgIpc) is 3.13. The van der Waals surface area contributed by atoms with Crippen molar-refractivity contribution in [2.45, 2.75) is 20.0 Å². The van der Waals surface area contributed by atoms with Gasteiger partial charge in [0.2, 0.25) is 6.79 Å². The SMILES string of the molecule is Cc1nc2ccc(Cl)cn2c(=O)c1NC(=O)C(C)Oc1ccc2c(c1)OCO2. The van der Waals surface area contributed by atoms with Gasteiger partial charge >= 0.3 is 0 Å². The number of nitrogens with zero attached hydrogens (tertiary/aromatic N) is 2. The van der Waals surface area contributed by atoms with Crippen LogP contribution >= 0.6 is 11.6 Å². The third kappa shape index (κ3) is 3.34. The summed E-state index contributed by atoms with van der Waals surface area (Å²) in [5.41, 5.74) is 0.491. The third-order valence-corrected chi connectivity index (χ3v) is 4.47. The van der Waals surface area contributed by atoms with E-state index in [2.05, 4.69) is 10.3 Å². The number of carbonyl (C=O) groups is 1. The molecule has 1 aromatic carbocycles. The van der Waals surface area contributed by atoms with Gasteiger partial charge in [-0.2, -0.15) is 0 Å². The van der Waals surface area contributed by atoms with Gasteiger partial charge in [0.1, 0.15) is 17.1 Å². The van der Waals surface area contributed by atoms with E-state index in [4.69, 9.17) is 25.8 Å². The molecule has 1 atom stereocenters. The first kappa shape index (κ1) is 18.1. The molecule has 4 rings (SSSR count). The lowest BCUT2D eigenvalue weighted by molar-refractivity contribution is -0.122. The average molecular weight is 402 g/mol. The molecule has 1 aliphatic heterocycles. The van der Waals surface area contributed by atoms with Gasteiger partial charge < -0.3 is 19.5 Å². The highest BCUT2D eigenvalue weighted by Crippen LogP contribution is 2.35. The summed E-state index contributed by atoms with van der Waals surface area (Å²) in [4.78, 5) is 29.6. The number of fused-ring (bicyclic) bond motifs is 2. The Morgan fingerprint density at radius 3 is 2.89 bits per heavy atom. The summed E-state index contributed by atoms with van der Waals surface area (Å²) in [6.45, 7) is 3.38. The van der Waals surface area contributed by atoms with E-state index in [0.717, 1.165) is 0 Å². The Morgan fingerprint density at radius 1 is 1.29 bits per heavy atom. The monoisotopic (exact) mass is 401 g/mol. The smallest absolute Gasteiger partial charge is 0.281 e. The highest BCUT2D eigenvalue weighted by Gasteiger charge is 2.21. The van der Waals surface area contributed by atoms with Crippen LogP contribution in [0.5, 0.6) is 17.2 Å². The van der Waals surface area contributed by atoms with Crippen LogP contribution in [0.2, 0.25) is 5.02 Å². The van der Waals surface area contributed by atoms with E-state index in [9.17, 15) is 9.59 Å². The number of pyridine rings is 1. The Bertz CT molecular complexity index is 1140. The maximum absolute atomic E-state index is 12.7. The molecule has 1 aliphatic rings. The van der Waals surface area contributed by atoms with Gasteiger partial charge in [-0.05, 0) is 38.1 Å². The summed E-state index contributed by atoms with van der Waals surface area (Å²) in [6, 6.07) is 8.30. The molecular weight excluding hydrogens is 386 g/mol. The zero-order valence-corrected chi connectivity index (χ0v) is 15.8. The maximum atomic E-state index is 12.7. The van der Waals surface area contributed by atoms with Crippen LogP contribution in [0.3, 0.4) is 0 Å². The van der Waals surface area contributed by atoms with E-state index in [1.807, 2.05) is 0 Å². The molecule has 2 aromatic heterocycles. The van der Waals surface area contributed by atoms with Gasteiger partial charge in [0.25, 0.3) is 11.5 Å². The van der Waals surface area contributed by atoms with Gasteiger partial charge in [0.05, 0.1) is 10.7 Å². The molecule has 0 radical (unpaired) electrons. The van der Waals surface area contributed by atoms with Gasteiger partial charge in [0, 0.05) is 12.3 Å². The number of hydrogen-bond acceptors (Lipinski definition) is 6. The Labute approximate surface area is 164 Å². The number of benzene rings is 1. The number of aromatic nitrogens is 2. The molecule has 9 heteroatoms. The molecule has 0 spiro atoms. The molecule has 1 amide bonds. The number of hydrogen-bond donors (Lipinski definition) is 1. The molecule has 3 aromatic rings. The summed E-state index contributed by atoms with van der Waals surface area (Å²) >= 11 is 5.96.